The van der Waals surface area contributed by atoms with Gasteiger partial charge in [-0.05, 0) is 19.2 Å². The normalized spacial score (nSPS) is 11.9. The van der Waals surface area contributed by atoms with E-state index in [1.807, 2.05) is 7.05 Å². The van der Waals surface area contributed by atoms with Gasteiger partial charge in [0.1, 0.15) is 12.1 Å². The molecule has 0 saturated carbocycles. The van der Waals surface area contributed by atoms with Crippen molar-refractivity contribution in [3.8, 4) is 0 Å². The second-order valence-corrected chi connectivity index (χ2v) is 6.01. The molecule has 2 aromatic rings. The van der Waals surface area contributed by atoms with Crippen molar-refractivity contribution in [1.29, 1.82) is 0 Å². The summed E-state index contributed by atoms with van der Waals surface area (Å²) in [6.07, 6.45) is 2.35. The molecule has 0 aliphatic carbocycles. The topological polar surface area (TPSA) is 102 Å². The van der Waals surface area contributed by atoms with Crippen LogP contribution in [0.3, 0.4) is 0 Å². The minimum atomic E-state index is -3.52. The Morgan fingerprint density at radius 1 is 1.40 bits per heavy atom. The highest BCUT2D eigenvalue weighted by Crippen LogP contribution is 2.12. The summed E-state index contributed by atoms with van der Waals surface area (Å²) < 4.78 is 32.1. The van der Waals surface area contributed by atoms with Gasteiger partial charge in [-0.3, -0.25) is 4.68 Å². The Hall–Kier alpha value is -1.71. The number of aromatic nitrogens is 3. The fourth-order valence-electron chi connectivity index (χ4n) is 1.61. The predicted octanol–water partition coefficient (Wildman–Crippen LogP) is -0.351. The first-order chi connectivity index (χ1) is 9.51. The predicted molar refractivity (Wildman–Crippen MR) is 71.4 cm³/mol. The van der Waals surface area contributed by atoms with Crippen LogP contribution >= 0.6 is 0 Å². The summed E-state index contributed by atoms with van der Waals surface area (Å²) in [6, 6.07) is 3.07. The molecule has 2 N–H and O–H groups in total. The Kier molecular flexibility index (Phi) is 4.53. The van der Waals surface area contributed by atoms with Gasteiger partial charge < -0.3 is 9.73 Å². The van der Waals surface area contributed by atoms with Crippen LogP contribution in [0.25, 0.3) is 0 Å². The number of furan rings is 1. The van der Waals surface area contributed by atoms with Crippen molar-refractivity contribution in [3.05, 3.63) is 30.0 Å². The number of hydrogen-bond donors (Lipinski definition) is 2. The van der Waals surface area contributed by atoms with E-state index in [2.05, 4.69) is 20.1 Å². The van der Waals surface area contributed by atoms with E-state index in [0.29, 0.717) is 25.3 Å². The minimum Gasteiger partial charge on any atom is -0.447 e. The molecule has 8 nitrogen and oxygen atoms in total. The molecule has 2 rings (SSSR count). The van der Waals surface area contributed by atoms with Gasteiger partial charge in [0, 0.05) is 20.0 Å². The second-order valence-electron chi connectivity index (χ2n) is 4.19. The average Bonchev–Trinajstić information content (AvgIpc) is 3.04. The molecule has 0 spiro atoms. The van der Waals surface area contributed by atoms with Crippen LogP contribution in [0.2, 0.25) is 0 Å². The fourth-order valence-corrected chi connectivity index (χ4v) is 2.27. The third-order valence-corrected chi connectivity index (χ3v) is 3.93. The summed E-state index contributed by atoms with van der Waals surface area (Å²) in [5, 5.41) is 7.22. The zero-order valence-corrected chi connectivity index (χ0v) is 12.1. The number of rotatable bonds is 7. The summed E-state index contributed by atoms with van der Waals surface area (Å²) in [5.41, 5.74) is 0. The van der Waals surface area contributed by atoms with Crippen LogP contribution in [-0.2, 0) is 30.0 Å². The first-order valence-corrected chi connectivity index (χ1v) is 7.57. The van der Waals surface area contributed by atoms with Crippen LogP contribution in [0.5, 0.6) is 0 Å². The molecule has 0 unspecified atom stereocenters. The molecule has 0 aromatic carbocycles. The van der Waals surface area contributed by atoms with Crippen LogP contribution in [0, 0.1) is 0 Å². The van der Waals surface area contributed by atoms with Gasteiger partial charge >= 0.3 is 0 Å². The molecule has 0 bridgehead atoms. The number of sulfonamides is 1. The molecule has 9 heteroatoms. The van der Waals surface area contributed by atoms with Crippen molar-refractivity contribution in [2.45, 2.75) is 18.1 Å². The van der Waals surface area contributed by atoms with Gasteiger partial charge in [-0.2, -0.15) is 5.10 Å². The molecule has 0 amide bonds. The maximum Gasteiger partial charge on any atom is 0.273 e. The molecule has 2 aromatic heterocycles. The summed E-state index contributed by atoms with van der Waals surface area (Å²) in [6.45, 7) is 1.13. The smallest absolute Gasteiger partial charge is 0.273 e. The van der Waals surface area contributed by atoms with E-state index in [9.17, 15) is 8.42 Å². The molecule has 0 aliphatic heterocycles. The fraction of sp³-hybridized carbons (Fsp3) is 0.455. The molecule has 0 aliphatic rings. The number of nitrogens with one attached hydrogen (secondary N) is 2. The highest BCUT2D eigenvalue weighted by Gasteiger charge is 2.15. The maximum atomic E-state index is 11.5. The van der Waals surface area contributed by atoms with E-state index < -0.39 is 10.0 Å². The van der Waals surface area contributed by atoms with E-state index in [-0.39, 0.29) is 5.09 Å². The first kappa shape index (κ1) is 14.7. The first-order valence-electron chi connectivity index (χ1n) is 6.09. The lowest BCUT2D eigenvalue weighted by Crippen LogP contribution is -2.18. The van der Waals surface area contributed by atoms with E-state index in [4.69, 9.17) is 4.42 Å². The monoisotopic (exact) mass is 299 g/mol. The summed E-state index contributed by atoms with van der Waals surface area (Å²) >= 11 is 0. The molecular formula is C11H17N5O3S. The van der Waals surface area contributed by atoms with Gasteiger partial charge in [0.25, 0.3) is 10.0 Å². The van der Waals surface area contributed by atoms with Crippen LogP contribution < -0.4 is 10.0 Å². The summed E-state index contributed by atoms with van der Waals surface area (Å²) in [7, 11) is -0.357. The SMILES string of the molecule is CNS(=O)(=O)c1ccc(CNCCc2ncn(C)n2)o1. The quantitative estimate of drug-likeness (QED) is 0.677. The number of aryl methyl sites for hydroxylation is 1. The zero-order valence-electron chi connectivity index (χ0n) is 11.3. The standard InChI is InChI=1S/C11H17N5O3S/c1-12-20(17,18)11-4-3-9(19-11)7-13-6-5-10-14-8-16(2)15-10/h3-4,8,12-13H,5-7H2,1-2H3. The maximum absolute atomic E-state index is 11.5. The highest BCUT2D eigenvalue weighted by molar-refractivity contribution is 7.89. The Balaban J connectivity index is 1.80. The average molecular weight is 299 g/mol. The number of nitrogens with zero attached hydrogens (tertiary/aromatic N) is 3. The Bertz CT molecular complexity index is 661. The highest BCUT2D eigenvalue weighted by atomic mass is 32.2. The van der Waals surface area contributed by atoms with Crippen molar-refractivity contribution >= 4 is 10.0 Å². The van der Waals surface area contributed by atoms with Crippen molar-refractivity contribution in [2.75, 3.05) is 13.6 Å². The van der Waals surface area contributed by atoms with Crippen LogP contribution in [0.15, 0.2) is 28.0 Å². The van der Waals surface area contributed by atoms with Crippen molar-refractivity contribution in [2.24, 2.45) is 7.05 Å². The molecular weight excluding hydrogens is 282 g/mol. The largest absolute Gasteiger partial charge is 0.447 e. The lowest BCUT2D eigenvalue weighted by Gasteiger charge is -2.00. The van der Waals surface area contributed by atoms with Crippen molar-refractivity contribution in [3.63, 3.8) is 0 Å². The van der Waals surface area contributed by atoms with Crippen molar-refractivity contribution < 1.29 is 12.8 Å². The lowest BCUT2D eigenvalue weighted by molar-refractivity contribution is 0.401. The van der Waals surface area contributed by atoms with E-state index in [1.54, 1.807) is 17.1 Å². The Labute approximate surface area is 117 Å². The van der Waals surface area contributed by atoms with Gasteiger partial charge in [-0.25, -0.2) is 18.1 Å². The van der Waals surface area contributed by atoms with Gasteiger partial charge in [0.2, 0.25) is 5.09 Å². The molecule has 0 fully saturated rings. The lowest BCUT2D eigenvalue weighted by atomic mass is 10.4. The van der Waals surface area contributed by atoms with Crippen molar-refractivity contribution in [1.82, 2.24) is 24.8 Å². The Morgan fingerprint density at radius 2 is 2.20 bits per heavy atom. The number of hydrogen-bond acceptors (Lipinski definition) is 6. The van der Waals surface area contributed by atoms with Crippen LogP contribution in [0.1, 0.15) is 11.6 Å². The van der Waals surface area contributed by atoms with Crippen LogP contribution in [-0.4, -0.2) is 36.8 Å². The van der Waals surface area contributed by atoms with Gasteiger partial charge in [0.15, 0.2) is 5.82 Å². The minimum absolute atomic E-state index is 0.0804. The third-order valence-electron chi connectivity index (χ3n) is 2.64. The second kappa shape index (κ2) is 6.16. The summed E-state index contributed by atoms with van der Waals surface area (Å²) in [4.78, 5) is 4.11. The van der Waals surface area contributed by atoms with Gasteiger partial charge in [-0.1, -0.05) is 0 Å². The Morgan fingerprint density at radius 3 is 2.85 bits per heavy atom. The van der Waals surface area contributed by atoms with Crippen LogP contribution in [0.4, 0.5) is 0 Å². The van der Waals surface area contributed by atoms with Gasteiger partial charge in [0.05, 0.1) is 6.54 Å². The third kappa shape index (κ3) is 3.65. The zero-order chi connectivity index (χ0) is 14.6. The van der Waals surface area contributed by atoms with Gasteiger partial charge in [-0.15, -0.1) is 0 Å². The van der Waals surface area contributed by atoms with E-state index >= 15 is 0 Å². The molecule has 110 valence electrons. The molecule has 0 radical (unpaired) electrons. The summed E-state index contributed by atoms with van der Waals surface area (Å²) in [5.74, 6) is 1.32. The van der Waals surface area contributed by atoms with E-state index in [1.165, 1.54) is 13.1 Å². The molecule has 20 heavy (non-hydrogen) atoms. The van der Waals surface area contributed by atoms with E-state index in [0.717, 1.165) is 5.82 Å². The molecule has 0 atom stereocenters. The molecule has 0 saturated heterocycles. The molecule has 2 heterocycles.